The van der Waals surface area contributed by atoms with Crippen molar-refractivity contribution in [3.05, 3.63) is 54.9 Å². The summed E-state index contributed by atoms with van der Waals surface area (Å²) in [7, 11) is 3.54. The molecular formula is C23H25N9O. The number of pyridine rings is 1. The van der Waals surface area contributed by atoms with E-state index in [1.165, 1.54) is 0 Å². The van der Waals surface area contributed by atoms with Crippen molar-refractivity contribution in [2.75, 3.05) is 12.4 Å². The summed E-state index contributed by atoms with van der Waals surface area (Å²) in [6, 6.07) is 3.90. The van der Waals surface area contributed by atoms with Crippen LogP contribution in [0.2, 0.25) is 0 Å². The van der Waals surface area contributed by atoms with Gasteiger partial charge in [0.05, 0.1) is 13.3 Å². The van der Waals surface area contributed by atoms with E-state index in [0.29, 0.717) is 29.0 Å². The zero-order valence-electron chi connectivity index (χ0n) is 19.2. The number of methoxy groups -OCH3 is 1. The summed E-state index contributed by atoms with van der Waals surface area (Å²) in [4.78, 5) is 13.7. The van der Waals surface area contributed by atoms with Gasteiger partial charge in [0.2, 0.25) is 5.82 Å². The number of hydrogen-bond acceptors (Lipinski definition) is 7. The summed E-state index contributed by atoms with van der Waals surface area (Å²) in [5, 5.41) is 12.6. The first-order valence-electron chi connectivity index (χ1n) is 10.6. The molecule has 0 saturated carbocycles. The molecule has 168 valence electrons. The summed E-state index contributed by atoms with van der Waals surface area (Å²) < 4.78 is 11.0. The van der Waals surface area contributed by atoms with E-state index in [4.69, 9.17) is 14.8 Å². The van der Waals surface area contributed by atoms with Gasteiger partial charge in [0.1, 0.15) is 17.1 Å². The molecule has 0 atom stereocenters. The molecular weight excluding hydrogens is 418 g/mol. The smallest absolute Gasteiger partial charge is 0.218 e. The average Bonchev–Trinajstić information content (AvgIpc) is 3.52. The maximum atomic E-state index is 5.35. The van der Waals surface area contributed by atoms with Crippen molar-refractivity contribution in [1.29, 1.82) is 0 Å². The molecule has 0 amide bonds. The molecule has 10 nitrogen and oxygen atoms in total. The molecule has 0 unspecified atom stereocenters. The van der Waals surface area contributed by atoms with E-state index in [1.54, 1.807) is 25.6 Å². The third-order valence-corrected chi connectivity index (χ3v) is 5.56. The fourth-order valence-electron chi connectivity index (χ4n) is 3.77. The molecule has 0 spiro atoms. The van der Waals surface area contributed by atoms with Crippen molar-refractivity contribution in [1.82, 2.24) is 38.9 Å². The van der Waals surface area contributed by atoms with E-state index >= 15 is 0 Å². The topological polar surface area (TPSA) is 100.0 Å². The Morgan fingerprint density at radius 1 is 1.12 bits per heavy atom. The van der Waals surface area contributed by atoms with Gasteiger partial charge in [-0.05, 0) is 32.4 Å². The highest BCUT2D eigenvalue weighted by atomic mass is 16.5. The lowest BCUT2D eigenvalue weighted by Gasteiger charge is -2.10. The zero-order chi connectivity index (χ0) is 23.1. The second-order valence-electron chi connectivity index (χ2n) is 8.12. The molecule has 0 saturated heterocycles. The van der Waals surface area contributed by atoms with Gasteiger partial charge in [0, 0.05) is 61.3 Å². The first-order chi connectivity index (χ1) is 15.9. The molecule has 5 heterocycles. The van der Waals surface area contributed by atoms with E-state index < -0.39 is 0 Å². The number of nitrogens with zero attached hydrogens (tertiary/aromatic N) is 8. The van der Waals surface area contributed by atoms with Gasteiger partial charge in [0.15, 0.2) is 11.6 Å². The molecule has 33 heavy (non-hydrogen) atoms. The fourth-order valence-corrected chi connectivity index (χ4v) is 3.77. The van der Waals surface area contributed by atoms with E-state index in [-0.39, 0.29) is 6.04 Å². The largest absolute Gasteiger partial charge is 0.497 e. The number of hydrogen-bond donors (Lipinski definition) is 1. The Bertz CT molecular complexity index is 1440. The maximum Gasteiger partial charge on any atom is 0.218 e. The van der Waals surface area contributed by atoms with Gasteiger partial charge in [0.25, 0.3) is 0 Å². The minimum atomic E-state index is 0.280. The van der Waals surface area contributed by atoms with Crippen molar-refractivity contribution in [2.24, 2.45) is 7.05 Å². The number of imidazole rings is 1. The van der Waals surface area contributed by atoms with Gasteiger partial charge < -0.3 is 14.6 Å². The standard InChI is InChI=1S/C23H25N9O/c1-14(2)31-12-16(11-26-31)18-13-32-20(15(18)3)21(27-19-10-17(33-5)6-7-24-19)28-22(29-32)23-25-8-9-30(23)4/h6-14H,1-5H3,(H,24,27,28,29). The van der Waals surface area contributed by atoms with Crippen molar-refractivity contribution in [3.63, 3.8) is 0 Å². The third kappa shape index (κ3) is 3.69. The maximum absolute atomic E-state index is 5.35. The number of aryl methyl sites for hydroxylation is 2. The Hall–Kier alpha value is -4.21. The van der Waals surface area contributed by atoms with E-state index in [0.717, 1.165) is 22.2 Å². The first-order valence-corrected chi connectivity index (χ1v) is 10.6. The minimum absolute atomic E-state index is 0.280. The fraction of sp³-hybridized carbons (Fsp3) is 0.261. The summed E-state index contributed by atoms with van der Waals surface area (Å²) in [6.07, 6.45) is 11.2. The number of nitrogens with one attached hydrogen (secondary N) is 1. The van der Waals surface area contributed by atoms with Gasteiger partial charge in [-0.3, -0.25) is 4.68 Å². The van der Waals surface area contributed by atoms with Crippen LogP contribution in [0, 0.1) is 6.92 Å². The van der Waals surface area contributed by atoms with E-state index in [1.807, 2.05) is 45.5 Å². The minimum Gasteiger partial charge on any atom is -0.497 e. The second kappa shape index (κ2) is 8.05. The van der Waals surface area contributed by atoms with Gasteiger partial charge in [-0.2, -0.15) is 5.10 Å². The molecule has 0 bridgehead atoms. The van der Waals surface area contributed by atoms with Crippen molar-refractivity contribution >= 4 is 17.2 Å². The van der Waals surface area contributed by atoms with Gasteiger partial charge in [-0.25, -0.2) is 19.5 Å². The normalized spacial score (nSPS) is 11.5. The molecule has 0 radical (unpaired) electrons. The Morgan fingerprint density at radius 2 is 1.97 bits per heavy atom. The first kappa shape index (κ1) is 20.7. The molecule has 0 aliphatic carbocycles. The number of rotatable bonds is 6. The summed E-state index contributed by atoms with van der Waals surface area (Å²) in [5.74, 6) is 3.12. The molecule has 5 aromatic rings. The van der Waals surface area contributed by atoms with E-state index in [2.05, 4.69) is 47.4 Å². The molecule has 0 aromatic carbocycles. The molecule has 5 rings (SSSR count). The van der Waals surface area contributed by atoms with Crippen molar-refractivity contribution in [2.45, 2.75) is 26.8 Å². The monoisotopic (exact) mass is 443 g/mol. The molecule has 0 fully saturated rings. The van der Waals surface area contributed by atoms with Crippen LogP contribution in [0.15, 0.2) is 49.3 Å². The van der Waals surface area contributed by atoms with E-state index in [9.17, 15) is 0 Å². The highest BCUT2D eigenvalue weighted by Crippen LogP contribution is 2.33. The molecule has 0 aliphatic rings. The summed E-state index contributed by atoms with van der Waals surface area (Å²) in [6.45, 7) is 6.27. The number of anilines is 2. The molecule has 10 heteroatoms. The second-order valence-corrected chi connectivity index (χ2v) is 8.12. The van der Waals surface area contributed by atoms with Gasteiger partial charge >= 0.3 is 0 Å². The Kier molecular flexibility index (Phi) is 5.04. The van der Waals surface area contributed by atoms with Crippen LogP contribution >= 0.6 is 0 Å². The molecule has 5 aromatic heterocycles. The molecule has 1 N–H and O–H groups in total. The van der Waals surface area contributed by atoms with Crippen LogP contribution < -0.4 is 10.1 Å². The Balaban J connectivity index is 1.69. The zero-order valence-corrected chi connectivity index (χ0v) is 19.2. The van der Waals surface area contributed by atoms with Crippen LogP contribution in [-0.4, -0.2) is 46.0 Å². The predicted molar refractivity (Wildman–Crippen MR) is 126 cm³/mol. The van der Waals surface area contributed by atoms with Crippen LogP contribution in [0.25, 0.3) is 28.3 Å². The predicted octanol–water partition coefficient (Wildman–Crippen LogP) is 4.03. The van der Waals surface area contributed by atoms with Crippen molar-refractivity contribution < 1.29 is 4.74 Å². The number of ether oxygens (including phenoxy) is 1. The van der Waals surface area contributed by atoms with Crippen LogP contribution in [0.3, 0.4) is 0 Å². The third-order valence-electron chi connectivity index (χ3n) is 5.56. The quantitative estimate of drug-likeness (QED) is 0.423. The Labute approximate surface area is 190 Å². The number of fused-ring (bicyclic) bond motifs is 1. The van der Waals surface area contributed by atoms with Gasteiger partial charge in [-0.1, -0.05) is 0 Å². The van der Waals surface area contributed by atoms with Crippen molar-refractivity contribution in [3.8, 4) is 28.5 Å². The average molecular weight is 444 g/mol. The summed E-state index contributed by atoms with van der Waals surface area (Å²) >= 11 is 0. The highest BCUT2D eigenvalue weighted by molar-refractivity contribution is 5.84. The lowest BCUT2D eigenvalue weighted by atomic mass is 10.1. The summed E-state index contributed by atoms with van der Waals surface area (Å²) in [5.41, 5.74) is 3.95. The van der Waals surface area contributed by atoms with Crippen LogP contribution in [0.1, 0.15) is 25.5 Å². The van der Waals surface area contributed by atoms with Crippen LogP contribution in [0.4, 0.5) is 11.6 Å². The lowest BCUT2D eigenvalue weighted by Crippen LogP contribution is -2.06. The SMILES string of the molecule is COc1ccnc(Nc2nc(-c3nccn3C)nn3cc(-c4cnn(C(C)C)c4)c(C)c23)c1. The Morgan fingerprint density at radius 3 is 2.67 bits per heavy atom. The van der Waals surface area contributed by atoms with Gasteiger partial charge in [-0.15, -0.1) is 5.10 Å². The molecule has 0 aliphatic heterocycles. The highest BCUT2D eigenvalue weighted by Gasteiger charge is 2.20. The van der Waals surface area contributed by atoms with Crippen LogP contribution in [-0.2, 0) is 7.05 Å². The number of aromatic nitrogens is 8. The van der Waals surface area contributed by atoms with Crippen LogP contribution in [0.5, 0.6) is 5.75 Å². The lowest BCUT2D eigenvalue weighted by molar-refractivity contribution is 0.414.